The molecular formula is C22H29NOS. The Balaban J connectivity index is 1.96. The maximum absolute atomic E-state index is 9.34. The first-order chi connectivity index (χ1) is 12.3. The Hall–Kier alpha value is -1.74. The van der Waals surface area contributed by atoms with E-state index in [4.69, 9.17) is 0 Å². The van der Waals surface area contributed by atoms with Gasteiger partial charge in [-0.2, -0.15) is 0 Å². The second-order valence-corrected chi connectivity index (χ2v) is 7.41. The largest absolute Gasteiger partial charge is 0.411 e. The van der Waals surface area contributed by atoms with Crippen LogP contribution in [0.25, 0.3) is 0 Å². The van der Waals surface area contributed by atoms with Crippen molar-refractivity contribution in [3.05, 3.63) is 59.7 Å². The quantitative estimate of drug-likeness (QED) is 0.217. The molecule has 0 spiro atoms. The Bertz CT molecular complexity index is 664. The number of hydrogen-bond acceptors (Lipinski definition) is 3. The molecule has 0 unspecified atom stereocenters. The molecule has 0 aliphatic carbocycles. The van der Waals surface area contributed by atoms with Gasteiger partial charge in [0.2, 0.25) is 0 Å². The van der Waals surface area contributed by atoms with E-state index in [0.29, 0.717) is 0 Å². The molecule has 0 amide bonds. The average molecular weight is 356 g/mol. The van der Waals surface area contributed by atoms with Gasteiger partial charge in [-0.3, -0.25) is 0 Å². The minimum atomic E-state index is 0.794. The fourth-order valence-electron chi connectivity index (χ4n) is 2.89. The van der Waals surface area contributed by atoms with Crippen molar-refractivity contribution in [1.82, 2.24) is 0 Å². The highest BCUT2D eigenvalue weighted by Gasteiger charge is 2.06. The fraction of sp³-hybridized carbons (Fsp3) is 0.409. The van der Waals surface area contributed by atoms with Gasteiger partial charge < -0.3 is 5.21 Å². The highest BCUT2D eigenvalue weighted by molar-refractivity contribution is 7.99. The number of aryl methyl sites for hydroxylation is 1. The van der Waals surface area contributed by atoms with Gasteiger partial charge in [0.05, 0.1) is 5.71 Å². The number of unbranched alkanes of at least 4 members (excludes halogenated alkanes) is 4. The molecule has 0 saturated heterocycles. The van der Waals surface area contributed by atoms with Crippen molar-refractivity contribution in [2.45, 2.75) is 68.6 Å². The third kappa shape index (κ3) is 6.24. The second-order valence-electron chi connectivity index (χ2n) is 6.30. The van der Waals surface area contributed by atoms with Crippen LogP contribution in [0.5, 0.6) is 0 Å². The van der Waals surface area contributed by atoms with Gasteiger partial charge in [0.1, 0.15) is 0 Å². The van der Waals surface area contributed by atoms with Crippen LogP contribution in [0.4, 0.5) is 0 Å². The minimum Gasteiger partial charge on any atom is -0.411 e. The number of rotatable bonds is 10. The van der Waals surface area contributed by atoms with Gasteiger partial charge >= 0.3 is 0 Å². The number of nitrogens with zero attached hydrogens (tertiary/aromatic N) is 1. The van der Waals surface area contributed by atoms with Crippen molar-refractivity contribution in [2.75, 3.05) is 0 Å². The summed E-state index contributed by atoms with van der Waals surface area (Å²) >= 11 is 1.79. The normalized spacial score (nSPS) is 11.7. The van der Waals surface area contributed by atoms with Crippen LogP contribution in [-0.4, -0.2) is 10.9 Å². The summed E-state index contributed by atoms with van der Waals surface area (Å²) in [5.41, 5.74) is 3.19. The molecule has 1 N–H and O–H groups in total. The van der Waals surface area contributed by atoms with E-state index < -0.39 is 0 Å². The Labute approximate surface area is 156 Å². The molecule has 25 heavy (non-hydrogen) atoms. The summed E-state index contributed by atoms with van der Waals surface area (Å²) in [6, 6.07) is 16.9. The van der Waals surface area contributed by atoms with Crippen LogP contribution in [-0.2, 0) is 6.42 Å². The lowest BCUT2D eigenvalue weighted by molar-refractivity contribution is 0.317. The van der Waals surface area contributed by atoms with Gasteiger partial charge in [-0.15, -0.1) is 0 Å². The minimum absolute atomic E-state index is 0.794. The van der Waals surface area contributed by atoms with Crippen molar-refractivity contribution in [3.8, 4) is 0 Å². The van der Waals surface area contributed by atoms with Crippen LogP contribution in [0.3, 0.4) is 0 Å². The predicted octanol–water partition coefficient (Wildman–Crippen LogP) is 6.94. The first-order valence-corrected chi connectivity index (χ1v) is 10.2. The van der Waals surface area contributed by atoms with E-state index >= 15 is 0 Å². The van der Waals surface area contributed by atoms with Crippen LogP contribution in [0.1, 0.15) is 63.5 Å². The highest BCUT2D eigenvalue weighted by atomic mass is 32.2. The first-order valence-electron chi connectivity index (χ1n) is 9.35. The van der Waals surface area contributed by atoms with Crippen LogP contribution in [0.2, 0.25) is 0 Å². The van der Waals surface area contributed by atoms with Gasteiger partial charge in [-0.1, -0.05) is 86.8 Å². The second kappa shape index (κ2) is 11.0. The number of hydrogen-bond donors (Lipinski definition) is 1. The van der Waals surface area contributed by atoms with Crippen molar-refractivity contribution in [3.63, 3.8) is 0 Å². The molecule has 0 atom stereocenters. The van der Waals surface area contributed by atoms with Crippen LogP contribution in [0, 0.1) is 0 Å². The van der Waals surface area contributed by atoms with E-state index in [1.54, 1.807) is 11.8 Å². The number of benzene rings is 2. The Morgan fingerprint density at radius 2 is 1.64 bits per heavy atom. The van der Waals surface area contributed by atoms with Gasteiger partial charge in [-0.05, 0) is 48.6 Å². The summed E-state index contributed by atoms with van der Waals surface area (Å²) in [5, 5.41) is 12.9. The van der Waals surface area contributed by atoms with E-state index in [2.05, 4.69) is 67.5 Å². The van der Waals surface area contributed by atoms with Gasteiger partial charge in [0.15, 0.2) is 0 Å². The van der Waals surface area contributed by atoms with E-state index in [9.17, 15) is 5.21 Å². The van der Waals surface area contributed by atoms with Crippen molar-refractivity contribution >= 4 is 17.5 Å². The van der Waals surface area contributed by atoms with Crippen LogP contribution >= 0.6 is 11.8 Å². The smallest absolute Gasteiger partial charge is 0.0867 e. The molecule has 2 aromatic carbocycles. The number of oxime groups is 1. The zero-order valence-corrected chi connectivity index (χ0v) is 16.2. The van der Waals surface area contributed by atoms with Crippen molar-refractivity contribution < 1.29 is 5.21 Å². The van der Waals surface area contributed by atoms with Crippen LogP contribution < -0.4 is 0 Å². The van der Waals surface area contributed by atoms with Crippen molar-refractivity contribution in [1.29, 1.82) is 0 Å². The monoisotopic (exact) mass is 355 g/mol. The molecule has 0 saturated carbocycles. The van der Waals surface area contributed by atoms with E-state index in [-0.39, 0.29) is 0 Å². The molecule has 0 bridgehead atoms. The van der Waals surface area contributed by atoms with Gasteiger partial charge in [-0.25, -0.2) is 0 Å². The maximum atomic E-state index is 9.34. The van der Waals surface area contributed by atoms with Gasteiger partial charge in [0.25, 0.3) is 0 Å². The maximum Gasteiger partial charge on any atom is 0.0867 e. The van der Waals surface area contributed by atoms with Crippen LogP contribution in [0.15, 0.2) is 63.5 Å². The summed E-state index contributed by atoms with van der Waals surface area (Å²) in [6.07, 6.45) is 7.97. The summed E-state index contributed by atoms with van der Waals surface area (Å²) < 4.78 is 0. The lowest BCUT2D eigenvalue weighted by atomic mass is 10.0. The van der Waals surface area contributed by atoms with E-state index in [0.717, 1.165) is 30.5 Å². The molecule has 3 heteroatoms. The molecular weight excluding hydrogens is 326 g/mol. The molecule has 0 aromatic heterocycles. The lowest BCUT2D eigenvalue weighted by Crippen LogP contribution is -2.01. The first kappa shape index (κ1) is 19.6. The molecule has 0 radical (unpaired) electrons. The Morgan fingerprint density at radius 1 is 0.920 bits per heavy atom. The third-order valence-corrected chi connectivity index (χ3v) is 5.53. The molecule has 0 aliphatic rings. The lowest BCUT2D eigenvalue weighted by Gasteiger charge is -2.09. The standard InChI is InChI=1S/C22H29NOS/c1-3-5-6-7-8-12-21(23-24)19-14-16-20(17-15-19)25-22-13-10-9-11-18(22)4-2/h9-11,13-17,24H,3-8,12H2,1-2H3. The summed E-state index contributed by atoms with van der Waals surface area (Å²) in [6.45, 7) is 4.41. The topological polar surface area (TPSA) is 32.6 Å². The summed E-state index contributed by atoms with van der Waals surface area (Å²) in [4.78, 5) is 2.52. The third-order valence-electron chi connectivity index (χ3n) is 4.41. The molecule has 0 aliphatic heterocycles. The Morgan fingerprint density at radius 3 is 2.32 bits per heavy atom. The zero-order valence-electron chi connectivity index (χ0n) is 15.4. The fourth-order valence-corrected chi connectivity index (χ4v) is 3.90. The molecule has 2 nitrogen and oxygen atoms in total. The molecule has 2 aromatic rings. The SMILES string of the molecule is CCCCCCCC(=NO)c1ccc(Sc2ccccc2CC)cc1. The van der Waals surface area contributed by atoms with Gasteiger partial charge in [0, 0.05) is 9.79 Å². The summed E-state index contributed by atoms with van der Waals surface area (Å²) in [7, 11) is 0. The van der Waals surface area contributed by atoms with E-state index in [1.807, 2.05) is 0 Å². The molecule has 0 heterocycles. The zero-order chi connectivity index (χ0) is 17.9. The average Bonchev–Trinajstić information content (AvgIpc) is 2.66. The van der Waals surface area contributed by atoms with E-state index in [1.165, 1.54) is 41.0 Å². The molecule has 0 fully saturated rings. The Kier molecular flexibility index (Phi) is 8.61. The molecule has 2 rings (SSSR count). The predicted molar refractivity (Wildman–Crippen MR) is 108 cm³/mol. The summed E-state index contributed by atoms with van der Waals surface area (Å²) in [5.74, 6) is 0. The molecule has 134 valence electrons. The highest BCUT2D eigenvalue weighted by Crippen LogP contribution is 2.31. The van der Waals surface area contributed by atoms with Crippen molar-refractivity contribution in [2.24, 2.45) is 5.16 Å².